The van der Waals surface area contributed by atoms with E-state index in [0.717, 1.165) is 100 Å². The third-order valence-electron chi connectivity index (χ3n) is 9.81. The molecule has 2 amide bonds. The van der Waals surface area contributed by atoms with E-state index in [0.29, 0.717) is 30.7 Å². The molecule has 0 bridgehead atoms. The van der Waals surface area contributed by atoms with Crippen LogP contribution in [0.15, 0.2) is 30.6 Å². The normalized spacial score (nSPS) is 22.2. The molecule has 0 radical (unpaired) electrons. The lowest BCUT2D eigenvalue weighted by Crippen LogP contribution is -2.39. The highest BCUT2D eigenvalue weighted by Gasteiger charge is 2.35. The number of ether oxygens (including phenoxy) is 1. The van der Waals surface area contributed by atoms with Gasteiger partial charge in [-0.25, -0.2) is 9.97 Å². The van der Waals surface area contributed by atoms with E-state index in [2.05, 4.69) is 57.4 Å². The van der Waals surface area contributed by atoms with Crippen LogP contribution in [-0.2, 0) is 9.59 Å². The Morgan fingerprint density at radius 2 is 1.77 bits per heavy atom. The number of nitrogens with one attached hydrogen (secondary N) is 2. The van der Waals surface area contributed by atoms with Gasteiger partial charge in [0.25, 0.3) is 0 Å². The molecule has 3 aliphatic heterocycles. The SMILES string of the molecule is O=C1CCC(c2nn(C3CC3)c3cc(C4CCN(CCCSN5CCC(Nc6ncc(OC(F)F)cn6)CC5)CC4)ccc23)C(=O)N1. The summed E-state index contributed by atoms with van der Waals surface area (Å²) in [6, 6.07) is 7.39. The van der Waals surface area contributed by atoms with Gasteiger partial charge in [-0.1, -0.05) is 24.1 Å². The Kier molecular flexibility index (Phi) is 9.87. The number of piperidine rings is 3. The standard InChI is InChI=1S/C33H42F2N8O3S/c34-32(35)46-25-19-36-33(37-20-25)38-23-10-15-42(16-11-23)47-17-1-12-41-13-8-21(9-14-41)22-2-5-26-28(18-22)43(24-3-4-24)40-30(26)27-6-7-29(44)39-31(27)45/h2,5,18-21,23-24,27,32H,1,3-4,6-17H2,(H,36,37,38)(H,39,44,45). The third kappa shape index (κ3) is 7.86. The van der Waals surface area contributed by atoms with Gasteiger partial charge in [-0.2, -0.15) is 13.9 Å². The Morgan fingerprint density at radius 3 is 2.47 bits per heavy atom. The molecule has 3 aromatic rings. The fourth-order valence-electron chi connectivity index (χ4n) is 7.08. The number of anilines is 1. The summed E-state index contributed by atoms with van der Waals surface area (Å²) >= 11 is 1.93. The number of likely N-dealkylation sites (tertiary alicyclic amines) is 1. The average Bonchev–Trinajstić information content (AvgIpc) is 3.85. The molecule has 1 unspecified atom stereocenters. The van der Waals surface area contributed by atoms with E-state index < -0.39 is 6.61 Å². The average molecular weight is 669 g/mol. The van der Waals surface area contributed by atoms with Gasteiger partial charge in [0.05, 0.1) is 35.6 Å². The van der Waals surface area contributed by atoms with Crippen molar-refractivity contribution in [2.45, 2.75) is 88.3 Å². The maximum atomic E-state index is 12.6. The molecule has 1 aromatic carbocycles. The monoisotopic (exact) mass is 668 g/mol. The molecule has 47 heavy (non-hydrogen) atoms. The van der Waals surface area contributed by atoms with E-state index in [1.807, 2.05) is 11.9 Å². The number of rotatable bonds is 12. The van der Waals surface area contributed by atoms with E-state index >= 15 is 0 Å². The Balaban J connectivity index is 0.836. The van der Waals surface area contributed by atoms with Crippen molar-refractivity contribution in [3.8, 4) is 5.75 Å². The minimum atomic E-state index is -2.88. The molecule has 2 N–H and O–H groups in total. The molecule has 5 heterocycles. The lowest BCUT2D eigenvalue weighted by atomic mass is 9.88. The van der Waals surface area contributed by atoms with Crippen LogP contribution in [0.2, 0.25) is 0 Å². The molecule has 252 valence electrons. The van der Waals surface area contributed by atoms with Crippen LogP contribution in [0.4, 0.5) is 14.7 Å². The number of carbonyl (C=O) groups excluding carboxylic acids is 2. The minimum Gasteiger partial charge on any atom is -0.432 e. The first-order valence-corrected chi connectivity index (χ1v) is 17.8. The summed E-state index contributed by atoms with van der Waals surface area (Å²) in [5, 5.41) is 11.8. The highest BCUT2D eigenvalue weighted by Crippen LogP contribution is 2.41. The smallest absolute Gasteiger partial charge is 0.387 e. The van der Waals surface area contributed by atoms with Crippen LogP contribution in [0.5, 0.6) is 5.75 Å². The Hall–Kier alpha value is -3.36. The van der Waals surface area contributed by atoms with Crippen LogP contribution in [0.25, 0.3) is 10.9 Å². The first-order valence-electron chi connectivity index (χ1n) is 16.9. The second-order valence-corrected chi connectivity index (χ2v) is 14.3. The molecule has 7 rings (SSSR count). The van der Waals surface area contributed by atoms with E-state index in [4.69, 9.17) is 5.10 Å². The number of amides is 2. The number of hydrogen-bond acceptors (Lipinski definition) is 10. The molecule has 1 aliphatic carbocycles. The maximum Gasteiger partial charge on any atom is 0.387 e. The molecule has 14 heteroatoms. The molecule has 11 nitrogen and oxygen atoms in total. The summed E-state index contributed by atoms with van der Waals surface area (Å²) < 4.78 is 33.5. The summed E-state index contributed by atoms with van der Waals surface area (Å²) in [5.41, 5.74) is 3.32. The third-order valence-corrected chi connectivity index (χ3v) is 11.0. The van der Waals surface area contributed by atoms with Gasteiger partial charge < -0.3 is 15.0 Å². The molecule has 4 fully saturated rings. The molecule has 0 spiro atoms. The molecular weight excluding hydrogens is 626 g/mol. The summed E-state index contributed by atoms with van der Waals surface area (Å²) in [6.07, 6.45) is 11.1. The number of nitrogens with zero attached hydrogens (tertiary/aromatic N) is 6. The van der Waals surface area contributed by atoms with Gasteiger partial charge in [0.1, 0.15) is 0 Å². The molecule has 1 saturated carbocycles. The number of aromatic nitrogens is 4. The number of alkyl halides is 2. The van der Waals surface area contributed by atoms with Gasteiger partial charge in [0.2, 0.25) is 17.8 Å². The molecule has 3 saturated heterocycles. The first-order chi connectivity index (χ1) is 22.9. The van der Waals surface area contributed by atoms with Crippen molar-refractivity contribution in [2.24, 2.45) is 0 Å². The van der Waals surface area contributed by atoms with E-state index in [1.165, 1.54) is 18.0 Å². The number of carbonyl (C=O) groups is 2. The Morgan fingerprint density at radius 1 is 1.00 bits per heavy atom. The fourth-order valence-corrected chi connectivity index (χ4v) is 8.07. The van der Waals surface area contributed by atoms with Crippen LogP contribution in [0.3, 0.4) is 0 Å². The van der Waals surface area contributed by atoms with Gasteiger partial charge in [0.15, 0.2) is 5.75 Å². The number of benzene rings is 1. The summed E-state index contributed by atoms with van der Waals surface area (Å²) in [6.45, 7) is 2.41. The molecular formula is C33H42F2N8O3S. The zero-order valence-electron chi connectivity index (χ0n) is 26.5. The van der Waals surface area contributed by atoms with Crippen molar-refractivity contribution in [2.75, 3.05) is 43.8 Å². The van der Waals surface area contributed by atoms with E-state index in [-0.39, 0.29) is 29.5 Å². The minimum absolute atomic E-state index is 0.0422. The van der Waals surface area contributed by atoms with Crippen LogP contribution >= 0.6 is 11.9 Å². The second kappa shape index (κ2) is 14.4. The van der Waals surface area contributed by atoms with Crippen molar-refractivity contribution in [3.05, 3.63) is 41.9 Å². The lowest BCUT2D eigenvalue weighted by molar-refractivity contribution is -0.134. The number of imide groups is 1. The summed E-state index contributed by atoms with van der Waals surface area (Å²) in [4.78, 5) is 35.1. The predicted molar refractivity (Wildman–Crippen MR) is 176 cm³/mol. The van der Waals surface area contributed by atoms with Gasteiger partial charge in [-0.3, -0.25) is 23.9 Å². The summed E-state index contributed by atoms with van der Waals surface area (Å²) in [5.74, 6) is 1.24. The first kappa shape index (κ1) is 32.2. The number of halogens is 2. The van der Waals surface area contributed by atoms with Crippen LogP contribution in [0, 0.1) is 0 Å². The predicted octanol–water partition coefficient (Wildman–Crippen LogP) is 5.08. The quantitative estimate of drug-likeness (QED) is 0.154. The van der Waals surface area contributed by atoms with Gasteiger partial charge in [-0.15, -0.1) is 0 Å². The topological polar surface area (TPSA) is 118 Å². The molecule has 1 atom stereocenters. The Bertz CT molecular complexity index is 1550. The fraction of sp³-hybridized carbons (Fsp3) is 0.606. The zero-order valence-corrected chi connectivity index (χ0v) is 27.3. The van der Waals surface area contributed by atoms with Crippen molar-refractivity contribution in [3.63, 3.8) is 0 Å². The Labute approximate surface area is 277 Å². The van der Waals surface area contributed by atoms with Crippen molar-refractivity contribution < 1.29 is 23.1 Å². The van der Waals surface area contributed by atoms with E-state index in [9.17, 15) is 18.4 Å². The van der Waals surface area contributed by atoms with Gasteiger partial charge in [-0.05, 0) is 88.5 Å². The second-order valence-electron chi connectivity index (χ2n) is 13.1. The molecule has 2 aromatic heterocycles. The zero-order chi connectivity index (χ0) is 32.3. The highest BCUT2D eigenvalue weighted by atomic mass is 32.2. The van der Waals surface area contributed by atoms with E-state index in [1.54, 1.807) is 0 Å². The van der Waals surface area contributed by atoms with Crippen LogP contribution in [-0.4, -0.2) is 91.9 Å². The molecule has 4 aliphatic rings. The highest BCUT2D eigenvalue weighted by molar-refractivity contribution is 7.97. The van der Waals surface area contributed by atoms with Crippen molar-refractivity contribution in [1.82, 2.24) is 34.3 Å². The maximum absolute atomic E-state index is 12.6. The largest absolute Gasteiger partial charge is 0.432 e. The lowest BCUT2D eigenvalue weighted by Gasteiger charge is -2.33. The van der Waals surface area contributed by atoms with Crippen molar-refractivity contribution >= 4 is 40.6 Å². The van der Waals surface area contributed by atoms with Gasteiger partial charge >= 0.3 is 6.61 Å². The number of fused-ring (bicyclic) bond motifs is 1. The summed E-state index contributed by atoms with van der Waals surface area (Å²) in [7, 11) is 0. The van der Waals surface area contributed by atoms with Gasteiger partial charge in [0, 0.05) is 36.7 Å². The van der Waals surface area contributed by atoms with Crippen molar-refractivity contribution in [1.29, 1.82) is 0 Å². The van der Waals surface area contributed by atoms with Crippen LogP contribution in [0.1, 0.15) is 86.9 Å². The van der Waals surface area contributed by atoms with Crippen LogP contribution < -0.4 is 15.4 Å². The number of hydrogen-bond donors (Lipinski definition) is 2.